The number of hydrogen-bond acceptors (Lipinski definition) is 6. The van der Waals surface area contributed by atoms with Gasteiger partial charge in [0.05, 0.1) is 0 Å². The number of ether oxygens (including phenoxy) is 3. The highest BCUT2D eigenvalue weighted by atomic mass is 16.6. The molecule has 0 rings (SSSR count). The van der Waals surface area contributed by atoms with Crippen LogP contribution in [0.3, 0.4) is 0 Å². The SMILES string of the molecule is CC/C=C\C/C=C\C/C=C\C/C=C\CCCCCCCCCCC(=O)OC(COC(=O)CCCCCCCCCCCC)COC(=O)CCCCCCCCCCCCCCCCCCCCCCCC. The number of allylic oxidation sites excluding steroid dienone is 8. The number of rotatable bonds is 57. The summed E-state index contributed by atoms with van der Waals surface area (Å²) in [4.78, 5) is 38.2. The van der Waals surface area contributed by atoms with Crippen LogP contribution in [0.1, 0.15) is 329 Å². The zero-order chi connectivity index (χ0) is 51.4. The summed E-state index contributed by atoms with van der Waals surface area (Å²) >= 11 is 0. The topological polar surface area (TPSA) is 78.9 Å². The van der Waals surface area contributed by atoms with E-state index in [0.717, 1.165) is 89.9 Å². The minimum atomic E-state index is -0.774. The van der Waals surface area contributed by atoms with Crippen LogP contribution in [0.25, 0.3) is 0 Å². The van der Waals surface area contributed by atoms with E-state index in [1.807, 2.05) is 0 Å². The van der Waals surface area contributed by atoms with Gasteiger partial charge in [0.25, 0.3) is 0 Å². The van der Waals surface area contributed by atoms with Crippen LogP contribution in [0.4, 0.5) is 0 Å². The normalized spacial score (nSPS) is 12.3. The Morgan fingerprint density at radius 1 is 0.296 bits per heavy atom. The maximum Gasteiger partial charge on any atom is 0.306 e. The Labute approximate surface area is 441 Å². The molecule has 0 N–H and O–H groups in total. The first-order valence-electron chi connectivity index (χ1n) is 31.1. The van der Waals surface area contributed by atoms with Crippen LogP contribution in [-0.2, 0) is 28.6 Å². The lowest BCUT2D eigenvalue weighted by Crippen LogP contribution is -2.30. The van der Waals surface area contributed by atoms with Gasteiger partial charge in [-0.25, -0.2) is 0 Å². The van der Waals surface area contributed by atoms with Gasteiger partial charge in [0.2, 0.25) is 0 Å². The summed E-state index contributed by atoms with van der Waals surface area (Å²) < 4.78 is 16.9. The second kappa shape index (κ2) is 59.9. The molecule has 6 heteroatoms. The summed E-state index contributed by atoms with van der Waals surface area (Å²) in [5, 5.41) is 0. The number of carbonyl (C=O) groups is 3. The summed E-state index contributed by atoms with van der Waals surface area (Å²) in [6.45, 7) is 6.56. The van der Waals surface area contributed by atoms with Crippen LogP contribution in [0.2, 0.25) is 0 Å². The molecule has 0 aromatic heterocycles. The molecule has 414 valence electrons. The molecule has 1 unspecified atom stereocenters. The van der Waals surface area contributed by atoms with Crippen molar-refractivity contribution in [1.29, 1.82) is 0 Å². The molecular formula is C65H118O6. The maximum atomic E-state index is 12.9. The van der Waals surface area contributed by atoms with Gasteiger partial charge >= 0.3 is 17.9 Å². The van der Waals surface area contributed by atoms with Gasteiger partial charge in [-0.2, -0.15) is 0 Å². The van der Waals surface area contributed by atoms with Crippen LogP contribution < -0.4 is 0 Å². The predicted molar refractivity (Wildman–Crippen MR) is 307 cm³/mol. The Morgan fingerprint density at radius 2 is 0.549 bits per heavy atom. The molecule has 0 aromatic carbocycles. The maximum absolute atomic E-state index is 12.9. The third kappa shape index (κ3) is 58.1. The predicted octanol–water partition coefficient (Wildman–Crippen LogP) is 21.0. The molecule has 0 aliphatic rings. The molecule has 0 fully saturated rings. The van der Waals surface area contributed by atoms with Crippen molar-refractivity contribution in [2.75, 3.05) is 13.2 Å². The van der Waals surface area contributed by atoms with Crippen molar-refractivity contribution in [3.05, 3.63) is 48.6 Å². The lowest BCUT2D eigenvalue weighted by molar-refractivity contribution is -0.167. The molecule has 0 saturated carbocycles. The van der Waals surface area contributed by atoms with E-state index < -0.39 is 6.10 Å². The van der Waals surface area contributed by atoms with Crippen LogP contribution in [0, 0.1) is 0 Å². The molecule has 1 atom stereocenters. The first-order valence-corrected chi connectivity index (χ1v) is 31.1. The summed E-state index contributed by atoms with van der Waals surface area (Å²) in [7, 11) is 0. The molecule has 0 amide bonds. The molecule has 0 aliphatic carbocycles. The first kappa shape index (κ1) is 68.4. The summed E-state index contributed by atoms with van der Waals surface area (Å²) in [5.41, 5.74) is 0. The minimum Gasteiger partial charge on any atom is -0.462 e. The molecule has 0 aliphatic heterocycles. The second-order valence-corrected chi connectivity index (χ2v) is 21.0. The quantitative estimate of drug-likeness (QED) is 0.0261. The van der Waals surface area contributed by atoms with Crippen molar-refractivity contribution >= 4 is 17.9 Å². The van der Waals surface area contributed by atoms with Crippen molar-refractivity contribution in [3.8, 4) is 0 Å². The van der Waals surface area contributed by atoms with E-state index in [1.165, 1.54) is 199 Å². The largest absolute Gasteiger partial charge is 0.462 e. The fraction of sp³-hybridized carbons (Fsp3) is 0.831. The molecule has 6 nitrogen and oxygen atoms in total. The number of hydrogen-bond donors (Lipinski definition) is 0. The van der Waals surface area contributed by atoms with E-state index in [1.54, 1.807) is 0 Å². The van der Waals surface area contributed by atoms with E-state index in [0.29, 0.717) is 19.3 Å². The number of esters is 3. The molecular weight excluding hydrogens is 877 g/mol. The standard InChI is InChI=1S/C65H118O6/c1-4-7-10-13-16-19-22-24-26-28-30-32-34-35-37-39-41-43-46-49-52-55-58-64(67)70-61-62(60-69-63(66)57-54-51-48-45-21-18-15-12-9-6-3)71-65(68)59-56-53-50-47-44-42-40-38-36-33-31-29-27-25-23-20-17-14-11-8-5-2/h8,11,17,20,25,27,31,33,62H,4-7,9-10,12-16,18-19,21-24,26,28-30,32,34-61H2,1-3H3/b11-8-,20-17-,27-25-,33-31-. The molecule has 0 radical (unpaired) electrons. The van der Waals surface area contributed by atoms with Crippen molar-refractivity contribution in [1.82, 2.24) is 0 Å². The molecule has 0 bridgehead atoms. The molecule has 0 heterocycles. The van der Waals surface area contributed by atoms with Crippen LogP contribution in [-0.4, -0.2) is 37.2 Å². The van der Waals surface area contributed by atoms with Crippen LogP contribution in [0.5, 0.6) is 0 Å². The lowest BCUT2D eigenvalue weighted by Gasteiger charge is -2.18. The van der Waals surface area contributed by atoms with Gasteiger partial charge in [-0.05, 0) is 57.8 Å². The lowest BCUT2D eigenvalue weighted by atomic mass is 10.0. The van der Waals surface area contributed by atoms with Gasteiger partial charge in [-0.15, -0.1) is 0 Å². The first-order chi connectivity index (χ1) is 35.0. The third-order valence-corrected chi connectivity index (χ3v) is 13.8. The zero-order valence-electron chi connectivity index (χ0n) is 47.5. The Kier molecular flexibility index (Phi) is 57.7. The molecule has 71 heavy (non-hydrogen) atoms. The van der Waals surface area contributed by atoms with E-state index in [-0.39, 0.29) is 31.1 Å². The Balaban J connectivity index is 4.24. The fourth-order valence-electron chi connectivity index (χ4n) is 9.20. The fourth-order valence-corrected chi connectivity index (χ4v) is 9.20. The summed E-state index contributed by atoms with van der Waals surface area (Å²) in [6, 6.07) is 0. The van der Waals surface area contributed by atoms with Gasteiger partial charge in [0.1, 0.15) is 13.2 Å². The van der Waals surface area contributed by atoms with Gasteiger partial charge < -0.3 is 14.2 Å². The van der Waals surface area contributed by atoms with E-state index in [4.69, 9.17) is 14.2 Å². The average Bonchev–Trinajstić information content (AvgIpc) is 3.37. The third-order valence-electron chi connectivity index (χ3n) is 13.8. The molecule has 0 spiro atoms. The highest BCUT2D eigenvalue weighted by molar-refractivity contribution is 5.71. The van der Waals surface area contributed by atoms with E-state index in [9.17, 15) is 14.4 Å². The summed E-state index contributed by atoms with van der Waals surface area (Å²) in [5.74, 6) is -0.862. The van der Waals surface area contributed by atoms with E-state index in [2.05, 4.69) is 69.4 Å². The Hall–Kier alpha value is -2.63. The second-order valence-electron chi connectivity index (χ2n) is 21.0. The van der Waals surface area contributed by atoms with Gasteiger partial charge in [0, 0.05) is 19.3 Å². The average molecular weight is 996 g/mol. The van der Waals surface area contributed by atoms with Gasteiger partial charge in [-0.1, -0.05) is 301 Å². The number of unbranched alkanes of at least 4 members (excludes halogenated alkanes) is 38. The Morgan fingerprint density at radius 3 is 0.859 bits per heavy atom. The van der Waals surface area contributed by atoms with Crippen molar-refractivity contribution in [3.63, 3.8) is 0 Å². The van der Waals surface area contributed by atoms with Gasteiger partial charge in [0.15, 0.2) is 6.10 Å². The van der Waals surface area contributed by atoms with Crippen molar-refractivity contribution in [2.45, 2.75) is 335 Å². The summed E-state index contributed by atoms with van der Waals surface area (Å²) in [6.07, 6.45) is 74.1. The minimum absolute atomic E-state index is 0.0717. The van der Waals surface area contributed by atoms with Gasteiger partial charge in [-0.3, -0.25) is 14.4 Å². The molecule has 0 aromatic rings. The van der Waals surface area contributed by atoms with Crippen molar-refractivity contribution in [2.24, 2.45) is 0 Å². The monoisotopic (exact) mass is 995 g/mol. The van der Waals surface area contributed by atoms with E-state index >= 15 is 0 Å². The highest BCUT2D eigenvalue weighted by Crippen LogP contribution is 2.17. The highest BCUT2D eigenvalue weighted by Gasteiger charge is 2.19. The van der Waals surface area contributed by atoms with Crippen LogP contribution in [0.15, 0.2) is 48.6 Å². The molecule has 0 saturated heterocycles. The zero-order valence-corrected chi connectivity index (χ0v) is 47.5. The van der Waals surface area contributed by atoms with Crippen molar-refractivity contribution < 1.29 is 28.6 Å². The Bertz CT molecular complexity index is 1230. The smallest absolute Gasteiger partial charge is 0.306 e. The number of carbonyl (C=O) groups excluding carboxylic acids is 3. The van der Waals surface area contributed by atoms with Crippen LogP contribution >= 0.6 is 0 Å².